The van der Waals surface area contributed by atoms with Crippen LogP contribution in [-0.2, 0) is 9.53 Å². The number of ether oxygens (including phenoxy) is 1. The van der Waals surface area contributed by atoms with E-state index in [2.05, 4.69) is 10.3 Å². The average molecular weight is 217 g/mol. The standard InChI is InChI=1S/C12H13N2O2/c1-12(2,3)16-11(15)10-13-8-6-4-5-7-9(8)14-10/h4-7H,1-3H3. The topological polar surface area (TPSA) is 52.8 Å². The van der Waals surface area contributed by atoms with Gasteiger partial charge in [0.25, 0.3) is 0 Å². The van der Waals surface area contributed by atoms with Gasteiger partial charge in [-0.25, -0.2) is 15.1 Å². The summed E-state index contributed by atoms with van der Waals surface area (Å²) in [4.78, 5) is 15.8. The number of esters is 1. The second kappa shape index (κ2) is 3.63. The number of fused-ring (bicyclic) bond motifs is 1. The Morgan fingerprint density at radius 3 is 2.38 bits per heavy atom. The maximum absolute atomic E-state index is 11.7. The van der Waals surface area contributed by atoms with E-state index in [1.807, 2.05) is 45.0 Å². The number of hydrogen-bond acceptors (Lipinski definition) is 3. The Kier molecular flexibility index (Phi) is 2.42. The summed E-state index contributed by atoms with van der Waals surface area (Å²) >= 11 is 0. The molecular formula is C12H13N2O2. The van der Waals surface area contributed by atoms with Gasteiger partial charge in [-0.1, -0.05) is 12.1 Å². The van der Waals surface area contributed by atoms with Crippen LogP contribution in [-0.4, -0.2) is 17.4 Å². The van der Waals surface area contributed by atoms with E-state index in [4.69, 9.17) is 4.74 Å². The SMILES string of the molecule is CC(C)(C)OC(=O)C1=Nc2ccccc2[N]1. The predicted molar refractivity (Wildman–Crippen MR) is 61.2 cm³/mol. The van der Waals surface area contributed by atoms with Crippen LogP contribution in [0.2, 0.25) is 0 Å². The van der Waals surface area contributed by atoms with Gasteiger partial charge in [-0.3, -0.25) is 0 Å². The van der Waals surface area contributed by atoms with Crippen LogP contribution in [0.5, 0.6) is 0 Å². The Bertz CT molecular complexity index is 458. The molecule has 1 heterocycles. The van der Waals surface area contributed by atoms with Crippen molar-refractivity contribution in [3.63, 3.8) is 0 Å². The summed E-state index contributed by atoms with van der Waals surface area (Å²) in [5, 5.41) is 4.11. The van der Waals surface area contributed by atoms with Gasteiger partial charge in [-0.05, 0) is 32.9 Å². The van der Waals surface area contributed by atoms with Gasteiger partial charge in [0.05, 0.1) is 11.4 Å². The second-order valence-electron chi connectivity index (χ2n) is 4.54. The molecule has 16 heavy (non-hydrogen) atoms. The number of benzene rings is 1. The van der Waals surface area contributed by atoms with Crippen LogP contribution in [0.1, 0.15) is 20.8 Å². The number of aliphatic imine (C=N–C) groups is 1. The van der Waals surface area contributed by atoms with Gasteiger partial charge in [0.2, 0.25) is 5.84 Å². The molecule has 0 saturated heterocycles. The van der Waals surface area contributed by atoms with Crippen LogP contribution in [0.4, 0.5) is 11.4 Å². The van der Waals surface area contributed by atoms with E-state index in [0.29, 0.717) is 11.4 Å². The van der Waals surface area contributed by atoms with E-state index in [-0.39, 0.29) is 5.84 Å². The van der Waals surface area contributed by atoms with Crippen molar-refractivity contribution >= 4 is 23.2 Å². The van der Waals surface area contributed by atoms with Crippen LogP contribution in [0.25, 0.3) is 0 Å². The minimum atomic E-state index is -0.524. The number of carbonyl (C=O) groups is 1. The maximum atomic E-state index is 11.7. The van der Waals surface area contributed by atoms with Crippen LogP contribution >= 0.6 is 0 Å². The summed E-state index contributed by atoms with van der Waals surface area (Å²) in [5.74, 6) is -0.361. The first kappa shape index (κ1) is 10.7. The lowest BCUT2D eigenvalue weighted by Crippen LogP contribution is -2.31. The van der Waals surface area contributed by atoms with Gasteiger partial charge in [-0.15, -0.1) is 0 Å². The van der Waals surface area contributed by atoms with Crippen molar-refractivity contribution in [3.05, 3.63) is 24.3 Å². The number of hydrogen-bond donors (Lipinski definition) is 0. The molecular weight excluding hydrogens is 204 g/mol. The van der Waals surface area contributed by atoms with Crippen molar-refractivity contribution in [2.45, 2.75) is 26.4 Å². The molecule has 0 unspecified atom stereocenters. The monoisotopic (exact) mass is 217 g/mol. The highest BCUT2D eigenvalue weighted by Gasteiger charge is 2.26. The van der Waals surface area contributed by atoms with E-state index in [9.17, 15) is 4.79 Å². The number of rotatable bonds is 1. The van der Waals surface area contributed by atoms with Gasteiger partial charge < -0.3 is 4.74 Å². The maximum Gasteiger partial charge on any atom is 0.376 e. The lowest BCUT2D eigenvalue weighted by molar-refractivity contribution is -0.146. The fourth-order valence-electron chi connectivity index (χ4n) is 1.32. The molecule has 0 fully saturated rings. The summed E-state index contributed by atoms with van der Waals surface area (Å²) in [6.07, 6.45) is 0. The van der Waals surface area contributed by atoms with Crippen molar-refractivity contribution in [1.29, 1.82) is 0 Å². The van der Waals surface area contributed by atoms with Gasteiger partial charge in [0.15, 0.2) is 0 Å². The zero-order chi connectivity index (χ0) is 11.8. The predicted octanol–water partition coefficient (Wildman–Crippen LogP) is 2.31. The van der Waals surface area contributed by atoms with Crippen molar-refractivity contribution in [2.24, 2.45) is 4.99 Å². The van der Waals surface area contributed by atoms with Gasteiger partial charge in [0.1, 0.15) is 5.60 Å². The number of carbonyl (C=O) groups excluding carboxylic acids is 1. The summed E-state index contributed by atoms with van der Waals surface area (Å²) in [5.41, 5.74) is 0.899. The van der Waals surface area contributed by atoms with Crippen molar-refractivity contribution in [1.82, 2.24) is 5.32 Å². The van der Waals surface area contributed by atoms with E-state index >= 15 is 0 Å². The Morgan fingerprint density at radius 1 is 1.19 bits per heavy atom. The molecule has 0 aliphatic carbocycles. The van der Waals surface area contributed by atoms with E-state index in [1.54, 1.807) is 0 Å². The third-order valence-electron chi connectivity index (χ3n) is 1.92. The third-order valence-corrected chi connectivity index (χ3v) is 1.92. The Morgan fingerprint density at radius 2 is 1.81 bits per heavy atom. The lowest BCUT2D eigenvalue weighted by Gasteiger charge is -2.18. The highest BCUT2D eigenvalue weighted by atomic mass is 16.6. The molecule has 1 aromatic carbocycles. The molecule has 0 N–H and O–H groups in total. The molecule has 0 spiro atoms. The summed E-state index contributed by atoms with van der Waals surface area (Å²) < 4.78 is 5.19. The van der Waals surface area contributed by atoms with Crippen LogP contribution in [0.15, 0.2) is 29.3 Å². The zero-order valence-corrected chi connectivity index (χ0v) is 9.52. The van der Waals surface area contributed by atoms with Gasteiger partial charge >= 0.3 is 5.97 Å². The minimum Gasteiger partial charge on any atom is -0.454 e. The normalized spacial score (nSPS) is 13.8. The van der Waals surface area contributed by atoms with E-state index in [1.165, 1.54) is 0 Å². The molecule has 0 atom stereocenters. The van der Waals surface area contributed by atoms with Gasteiger partial charge in [-0.2, -0.15) is 0 Å². The van der Waals surface area contributed by atoms with Crippen LogP contribution < -0.4 is 5.32 Å². The molecule has 0 aromatic heterocycles. The Hall–Kier alpha value is -1.84. The summed E-state index contributed by atoms with van der Waals surface area (Å²) in [6, 6.07) is 7.35. The minimum absolute atomic E-state index is 0.121. The molecule has 4 heteroatoms. The van der Waals surface area contributed by atoms with Gasteiger partial charge in [0, 0.05) is 0 Å². The molecule has 83 valence electrons. The molecule has 2 rings (SSSR count). The zero-order valence-electron chi connectivity index (χ0n) is 9.52. The molecule has 0 saturated carbocycles. The molecule has 1 aliphatic heterocycles. The highest BCUT2D eigenvalue weighted by molar-refractivity contribution is 6.38. The van der Waals surface area contributed by atoms with Crippen molar-refractivity contribution in [3.8, 4) is 0 Å². The first-order valence-electron chi connectivity index (χ1n) is 5.08. The van der Waals surface area contributed by atoms with Crippen LogP contribution in [0, 0.1) is 0 Å². The lowest BCUT2D eigenvalue weighted by atomic mass is 10.2. The molecule has 1 aliphatic rings. The summed E-state index contributed by atoms with van der Waals surface area (Å²) in [6.45, 7) is 5.44. The van der Waals surface area contributed by atoms with E-state index < -0.39 is 11.6 Å². The van der Waals surface area contributed by atoms with Crippen molar-refractivity contribution < 1.29 is 9.53 Å². The van der Waals surface area contributed by atoms with E-state index in [0.717, 1.165) is 0 Å². The smallest absolute Gasteiger partial charge is 0.376 e. The highest BCUT2D eigenvalue weighted by Crippen LogP contribution is 2.29. The molecule has 1 radical (unpaired) electrons. The Balaban J connectivity index is 2.14. The largest absolute Gasteiger partial charge is 0.454 e. The molecule has 1 aromatic rings. The second-order valence-corrected chi connectivity index (χ2v) is 4.54. The van der Waals surface area contributed by atoms with Crippen molar-refractivity contribution in [2.75, 3.05) is 0 Å². The fourth-order valence-corrected chi connectivity index (χ4v) is 1.32. The van der Waals surface area contributed by atoms with Crippen LogP contribution in [0.3, 0.4) is 0 Å². The molecule has 0 bridgehead atoms. The number of amidine groups is 1. The summed E-state index contributed by atoms with van der Waals surface area (Å²) in [7, 11) is 0. The quantitative estimate of drug-likeness (QED) is 0.678. The number of para-hydroxylation sites is 2. The fraction of sp³-hybridized carbons (Fsp3) is 0.333. The number of nitrogens with zero attached hydrogens (tertiary/aromatic N) is 2. The average Bonchev–Trinajstić information content (AvgIpc) is 2.58. The first-order chi connectivity index (χ1) is 7.46. The molecule has 4 nitrogen and oxygen atoms in total. The first-order valence-corrected chi connectivity index (χ1v) is 5.08. The third kappa shape index (κ3) is 2.21. The molecule has 0 amide bonds. The Labute approximate surface area is 94.3 Å².